The molecule has 0 fully saturated rings. The standard InChI is InChI=1S/C6H8N2.C2FNO/c7-8-6-4-2-1-3-5-6;3-2(5)1-4/h1-5,8H,7H2;. The number of benzene rings is 1. The lowest BCUT2D eigenvalue weighted by Gasteiger charge is -1.94. The Morgan fingerprint density at radius 3 is 2.15 bits per heavy atom. The molecule has 1 aromatic rings. The van der Waals surface area contributed by atoms with Crippen LogP contribution in [-0.4, -0.2) is 6.04 Å². The van der Waals surface area contributed by atoms with Crippen molar-refractivity contribution in [2.24, 2.45) is 5.84 Å². The van der Waals surface area contributed by atoms with Gasteiger partial charge in [0.2, 0.25) is 0 Å². The average Bonchev–Trinajstić information content (AvgIpc) is 2.20. The molecule has 0 radical (unpaired) electrons. The van der Waals surface area contributed by atoms with Gasteiger partial charge in [-0.2, -0.15) is 5.26 Å². The number of nitrogens with one attached hydrogen (secondary N) is 1. The number of nitriles is 1. The topological polar surface area (TPSA) is 78.9 Å². The van der Waals surface area contributed by atoms with Crippen molar-refractivity contribution in [2.75, 3.05) is 5.43 Å². The van der Waals surface area contributed by atoms with Crippen molar-refractivity contribution >= 4 is 11.7 Å². The highest BCUT2D eigenvalue weighted by molar-refractivity contribution is 5.84. The van der Waals surface area contributed by atoms with Gasteiger partial charge >= 0.3 is 6.04 Å². The first-order chi connectivity index (χ1) is 6.20. The molecule has 1 rings (SSSR count). The number of carbonyl (C=O) groups is 1. The number of anilines is 1. The van der Waals surface area contributed by atoms with E-state index in [2.05, 4.69) is 5.43 Å². The maximum Gasteiger partial charge on any atom is 0.402 e. The van der Waals surface area contributed by atoms with Gasteiger partial charge in [0.1, 0.15) is 0 Å². The lowest BCUT2D eigenvalue weighted by atomic mass is 10.3. The number of hydrogen-bond acceptors (Lipinski definition) is 4. The summed E-state index contributed by atoms with van der Waals surface area (Å²) in [5, 5.41) is 7.17. The van der Waals surface area contributed by atoms with Crippen molar-refractivity contribution in [1.29, 1.82) is 5.26 Å². The zero-order valence-corrected chi connectivity index (χ0v) is 6.70. The van der Waals surface area contributed by atoms with Gasteiger partial charge in [-0.15, -0.1) is 4.39 Å². The van der Waals surface area contributed by atoms with Crippen LogP contribution in [0, 0.1) is 11.3 Å². The van der Waals surface area contributed by atoms with Crippen molar-refractivity contribution in [1.82, 2.24) is 0 Å². The Labute approximate surface area is 74.7 Å². The summed E-state index contributed by atoms with van der Waals surface area (Å²) >= 11 is 0. The van der Waals surface area contributed by atoms with Crippen LogP contribution in [0.5, 0.6) is 0 Å². The quantitative estimate of drug-likeness (QED) is 0.293. The summed E-state index contributed by atoms with van der Waals surface area (Å²) in [7, 11) is 0. The smallest absolute Gasteiger partial charge is 0.324 e. The van der Waals surface area contributed by atoms with Crippen LogP contribution in [0.4, 0.5) is 10.1 Å². The average molecular weight is 181 g/mol. The molecular weight excluding hydrogens is 173 g/mol. The lowest BCUT2D eigenvalue weighted by molar-refractivity contribution is -0.123. The van der Waals surface area contributed by atoms with Crippen molar-refractivity contribution in [3.8, 4) is 6.07 Å². The second kappa shape index (κ2) is 6.76. The van der Waals surface area contributed by atoms with E-state index in [0.29, 0.717) is 0 Å². The molecule has 0 atom stereocenters. The van der Waals surface area contributed by atoms with Crippen molar-refractivity contribution in [2.45, 2.75) is 0 Å². The van der Waals surface area contributed by atoms with E-state index in [4.69, 9.17) is 15.9 Å². The lowest BCUT2D eigenvalue weighted by Crippen LogP contribution is -2.05. The van der Waals surface area contributed by atoms with E-state index in [1.807, 2.05) is 30.3 Å². The summed E-state index contributed by atoms with van der Waals surface area (Å²) < 4.78 is 10.4. The van der Waals surface area contributed by atoms with Gasteiger partial charge in [0.05, 0.1) is 0 Å². The van der Waals surface area contributed by atoms with Crippen LogP contribution >= 0.6 is 0 Å². The van der Waals surface area contributed by atoms with Gasteiger partial charge in [0, 0.05) is 5.69 Å². The molecule has 68 valence electrons. The molecule has 0 aromatic heterocycles. The van der Waals surface area contributed by atoms with Crippen LogP contribution in [0.15, 0.2) is 30.3 Å². The molecule has 0 aliphatic heterocycles. The minimum Gasteiger partial charge on any atom is -0.324 e. The second-order valence-electron chi connectivity index (χ2n) is 1.90. The van der Waals surface area contributed by atoms with Crippen molar-refractivity contribution < 1.29 is 9.18 Å². The Kier molecular flexibility index (Phi) is 5.76. The monoisotopic (exact) mass is 181 g/mol. The molecule has 4 nitrogen and oxygen atoms in total. The molecule has 0 saturated carbocycles. The molecule has 0 unspecified atom stereocenters. The van der Waals surface area contributed by atoms with E-state index in [-0.39, 0.29) is 0 Å². The van der Waals surface area contributed by atoms with Crippen LogP contribution in [0.1, 0.15) is 0 Å². The minimum atomic E-state index is -1.94. The molecule has 5 heteroatoms. The Balaban J connectivity index is 0.000000252. The summed E-state index contributed by atoms with van der Waals surface area (Å²) in [5.41, 5.74) is 3.46. The predicted octanol–water partition coefficient (Wildman–Crippen LogP) is 0.978. The molecule has 0 saturated heterocycles. The van der Waals surface area contributed by atoms with Crippen LogP contribution in [0.3, 0.4) is 0 Å². The molecule has 0 heterocycles. The van der Waals surface area contributed by atoms with Crippen LogP contribution in [-0.2, 0) is 4.79 Å². The Bertz CT molecular complexity index is 294. The number of rotatable bonds is 1. The highest BCUT2D eigenvalue weighted by Crippen LogP contribution is 2.00. The van der Waals surface area contributed by atoms with Gasteiger partial charge in [-0.1, -0.05) is 18.2 Å². The maximum atomic E-state index is 10.4. The van der Waals surface area contributed by atoms with Gasteiger partial charge in [0.25, 0.3) is 0 Å². The van der Waals surface area contributed by atoms with E-state index in [1.165, 1.54) is 0 Å². The summed E-state index contributed by atoms with van der Waals surface area (Å²) in [6, 6.07) is 8.38. The van der Waals surface area contributed by atoms with E-state index in [9.17, 15) is 4.39 Å². The number of hydrogen-bond donors (Lipinski definition) is 2. The molecule has 0 bridgehead atoms. The molecular formula is C8H8FN3O. The number of carbonyl (C=O) groups excluding carboxylic acids is 1. The van der Waals surface area contributed by atoms with E-state index < -0.39 is 6.04 Å². The zero-order chi connectivity index (χ0) is 10.1. The highest BCUT2D eigenvalue weighted by atomic mass is 19.1. The third-order valence-electron chi connectivity index (χ3n) is 1.03. The number of hydrazine groups is 1. The fraction of sp³-hybridized carbons (Fsp3) is 0. The predicted molar refractivity (Wildman–Crippen MR) is 46.0 cm³/mol. The minimum absolute atomic E-state index is 0.722. The Morgan fingerprint density at radius 2 is 1.92 bits per heavy atom. The first-order valence-corrected chi connectivity index (χ1v) is 3.32. The Morgan fingerprint density at radius 1 is 1.46 bits per heavy atom. The highest BCUT2D eigenvalue weighted by Gasteiger charge is 1.83. The summed E-state index contributed by atoms with van der Waals surface area (Å²) in [6.07, 6.45) is 0. The third-order valence-corrected chi connectivity index (χ3v) is 1.03. The fourth-order valence-electron chi connectivity index (χ4n) is 0.534. The molecule has 0 spiro atoms. The number of para-hydroxylation sites is 1. The second-order valence-corrected chi connectivity index (χ2v) is 1.90. The van der Waals surface area contributed by atoms with Crippen LogP contribution < -0.4 is 11.3 Å². The number of halogens is 1. The first kappa shape index (κ1) is 11.1. The first-order valence-electron chi connectivity index (χ1n) is 3.32. The molecule has 3 N–H and O–H groups in total. The van der Waals surface area contributed by atoms with Gasteiger partial charge < -0.3 is 5.43 Å². The fourth-order valence-corrected chi connectivity index (χ4v) is 0.534. The number of nitrogens with two attached hydrogens (primary N) is 1. The molecule has 1 aromatic carbocycles. The van der Waals surface area contributed by atoms with E-state index >= 15 is 0 Å². The van der Waals surface area contributed by atoms with Crippen molar-refractivity contribution in [3.05, 3.63) is 30.3 Å². The molecule has 0 aliphatic rings. The van der Waals surface area contributed by atoms with Gasteiger partial charge in [0.15, 0.2) is 6.07 Å². The summed E-state index contributed by atoms with van der Waals surface area (Å²) in [5.74, 6) is 5.10. The van der Waals surface area contributed by atoms with E-state index in [0.717, 1.165) is 11.8 Å². The largest absolute Gasteiger partial charge is 0.402 e. The maximum absolute atomic E-state index is 10.4. The molecule has 0 amide bonds. The van der Waals surface area contributed by atoms with Gasteiger partial charge in [-0.25, -0.2) is 4.79 Å². The van der Waals surface area contributed by atoms with Crippen LogP contribution in [0.2, 0.25) is 0 Å². The zero-order valence-electron chi connectivity index (χ0n) is 6.70. The molecule has 13 heavy (non-hydrogen) atoms. The SMILES string of the molecule is N#CC(=O)F.NNc1ccccc1. The van der Waals surface area contributed by atoms with E-state index in [1.54, 1.807) is 0 Å². The molecule has 0 aliphatic carbocycles. The van der Waals surface area contributed by atoms with Gasteiger partial charge in [-0.3, -0.25) is 5.84 Å². The normalized spacial score (nSPS) is 7.46. The third kappa shape index (κ3) is 6.47. The number of nitrogens with zero attached hydrogens (tertiary/aromatic N) is 1. The Hall–Kier alpha value is -1.93. The summed E-state index contributed by atoms with van der Waals surface area (Å²) in [6.45, 7) is 0. The van der Waals surface area contributed by atoms with Gasteiger partial charge in [-0.05, 0) is 12.1 Å². The van der Waals surface area contributed by atoms with Crippen LogP contribution in [0.25, 0.3) is 0 Å². The van der Waals surface area contributed by atoms with Crippen molar-refractivity contribution in [3.63, 3.8) is 0 Å². The number of nitrogen functional groups attached to an aromatic ring is 1. The summed E-state index contributed by atoms with van der Waals surface area (Å²) in [4.78, 5) is 8.78.